The van der Waals surface area contributed by atoms with Crippen LogP contribution in [0.1, 0.15) is 22.8 Å². The molecule has 104 valence electrons. The average Bonchev–Trinajstić information content (AvgIpc) is 2.42. The van der Waals surface area contributed by atoms with E-state index in [1.54, 1.807) is 6.07 Å². The van der Waals surface area contributed by atoms with Gasteiger partial charge < -0.3 is 10.6 Å². The highest BCUT2D eigenvalue weighted by Gasteiger charge is 2.12. The molecule has 0 aliphatic carbocycles. The molecule has 0 saturated carbocycles. The highest BCUT2D eigenvalue weighted by molar-refractivity contribution is 6.07. The number of rotatable bonds is 4. The van der Waals surface area contributed by atoms with Crippen molar-refractivity contribution in [1.82, 2.24) is 4.98 Å². The van der Waals surface area contributed by atoms with Gasteiger partial charge in [0.05, 0.1) is 11.8 Å². The molecular formula is C15H16FN3O. The van der Waals surface area contributed by atoms with Crippen molar-refractivity contribution in [3.05, 3.63) is 53.5 Å². The molecule has 0 unspecified atom stereocenters. The SMILES string of the molecule is CCNc1cc(C)ccc1C(=O)Nc1ccc(F)cn1. The van der Waals surface area contributed by atoms with E-state index in [2.05, 4.69) is 15.6 Å². The third kappa shape index (κ3) is 3.32. The Morgan fingerprint density at radius 1 is 1.30 bits per heavy atom. The lowest BCUT2D eigenvalue weighted by Crippen LogP contribution is -2.15. The topological polar surface area (TPSA) is 54.0 Å². The smallest absolute Gasteiger partial charge is 0.258 e. The van der Waals surface area contributed by atoms with Gasteiger partial charge in [0, 0.05) is 12.2 Å². The summed E-state index contributed by atoms with van der Waals surface area (Å²) in [6, 6.07) is 8.22. The van der Waals surface area contributed by atoms with E-state index in [0.29, 0.717) is 11.4 Å². The number of hydrogen-bond donors (Lipinski definition) is 2. The van der Waals surface area contributed by atoms with Crippen LogP contribution in [0.3, 0.4) is 0 Å². The van der Waals surface area contributed by atoms with E-state index in [0.717, 1.165) is 24.0 Å². The van der Waals surface area contributed by atoms with Crippen LogP contribution in [0.15, 0.2) is 36.5 Å². The summed E-state index contributed by atoms with van der Waals surface area (Å²) in [5, 5.41) is 5.80. The van der Waals surface area contributed by atoms with Crippen LogP contribution < -0.4 is 10.6 Å². The van der Waals surface area contributed by atoms with Crippen molar-refractivity contribution in [3.8, 4) is 0 Å². The molecule has 4 nitrogen and oxygen atoms in total. The number of pyridine rings is 1. The minimum atomic E-state index is -0.438. The highest BCUT2D eigenvalue weighted by atomic mass is 19.1. The van der Waals surface area contributed by atoms with E-state index in [4.69, 9.17) is 0 Å². The normalized spacial score (nSPS) is 10.2. The number of benzene rings is 1. The van der Waals surface area contributed by atoms with Gasteiger partial charge in [-0.1, -0.05) is 6.07 Å². The van der Waals surface area contributed by atoms with Crippen LogP contribution in [0, 0.1) is 12.7 Å². The predicted octanol–water partition coefficient (Wildman–Crippen LogP) is 3.21. The lowest BCUT2D eigenvalue weighted by atomic mass is 10.1. The highest BCUT2D eigenvalue weighted by Crippen LogP contribution is 2.19. The summed E-state index contributed by atoms with van der Waals surface area (Å²) >= 11 is 0. The molecule has 0 fully saturated rings. The number of nitrogens with one attached hydrogen (secondary N) is 2. The molecule has 1 amide bonds. The van der Waals surface area contributed by atoms with Crippen LogP contribution in [0.4, 0.5) is 15.9 Å². The van der Waals surface area contributed by atoms with Crippen molar-refractivity contribution in [3.63, 3.8) is 0 Å². The number of aromatic nitrogens is 1. The summed E-state index contributed by atoms with van der Waals surface area (Å²) in [5.41, 5.74) is 2.37. The molecule has 0 aliphatic heterocycles. The van der Waals surface area contributed by atoms with E-state index in [-0.39, 0.29) is 5.91 Å². The molecule has 2 rings (SSSR count). The molecule has 1 aromatic heterocycles. The summed E-state index contributed by atoms with van der Waals surface area (Å²) in [4.78, 5) is 16.0. The lowest BCUT2D eigenvalue weighted by molar-refractivity contribution is 0.102. The van der Waals surface area contributed by atoms with Crippen molar-refractivity contribution >= 4 is 17.4 Å². The van der Waals surface area contributed by atoms with Crippen LogP contribution in [0.25, 0.3) is 0 Å². The second kappa shape index (κ2) is 6.14. The van der Waals surface area contributed by atoms with Gasteiger partial charge in [0.2, 0.25) is 0 Å². The molecule has 2 aromatic rings. The first kappa shape index (κ1) is 14.0. The summed E-state index contributed by atoms with van der Waals surface area (Å²) in [6.07, 6.45) is 1.07. The van der Waals surface area contributed by atoms with Crippen molar-refractivity contribution in [1.29, 1.82) is 0 Å². The Morgan fingerprint density at radius 3 is 2.75 bits per heavy atom. The third-order valence-corrected chi connectivity index (χ3v) is 2.76. The zero-order valence-corrected chi connectivity index (χ0v) is 11.4. The summed E-state index contributed by atoms with van der Waals surface area (Å²) in [5.74, 6) is -0.397. The molecule has 0 bridgehead atoms. The number of carbonyl (C=O) groups excluding carboxylic acids is 1. The fourth-order valence-corrected chi connectivity index (χ4v) is 1.83. The fraction of sp³-hybridized carbons (Fsp3) is 0.200. The Morgan fingerprint density at radius 2 is 2.10 bits per heavy atom. The number of nitrogens with zero attached hydrogens (tertiary/aromatic N) is 1. The van der Waals surface area contributed by atoms with Crippen molar-refractivity contribution in [2.24, 2.45) is 0 Å². The molecule has 0 saturated heterocycles. The molecular weight excluding hydrogens is 257 g/mol. The molecule has 0 atom stereocenters. The van der Waals surface area contributed by atoms with Gasteiger partial charge in [-0.3, -0.25) is 4.79 Å². The van der Waals surface area contributed by atoms with E-state index in [1.165, 1.54) is 12.1 Å². The lowest BCUT2D eigenvalue weighted by Gasteiger charge is -2.11. The zero-order valence-electron chi connectivity index (χ0n) is 11.4. The Balaban J connectivity index is 2.22. The van der Waals surface area contributed by atoms with Gasteiger partial charge >= 0.3 is 0 Å². The number of halogens is 1. The number of carbonyl (C=O) groups is 1. The van der Waals surface area contributed by atoms with Crippen LogP contribution in [-0.4, -0.2) is 17.4 Å². The molecule has 5 heteroatoms. The van der Waals surface area contributed by atoms with Gasteiger partial charge in [-0.2, -0.15) is 0 Å². The summed E-state index contributed by atoms with van der Waals surface area (Å²) in [6.45, 7) is 4.65. The molecule has 2 N–H and O–H groups in total. The number of amides is 1. The summed E-state index contributed by atoms with van der Waals surface area (Å²) in [7, 11) is 0. The largest absolute Gasteiger partial charge is 0.385 e. The second-order valence-corrected chi connectivity index (χ2v) is 4.40. The van der Waals surface area contributed by atoms with Crippen LogP contribution >= 0.6 is 0 Å². The molecule has 0 radical (unpaired) electrons. The Labute approximate surface area is 117 Å². The minimum absolute atomic E-state index is 0.278. The van der Waals surface area contributed by atoms with Gasteiger partial charge in [-0.05, 0) is 43.7 Å². The summed E-state index contributed by atoms with van der Waals surface area (Å²) < 4.78 is 12.8. The van der Waals surface area contributed by atoms with E-state index in [9.17, 15) is 9.18 Å². The average molecular weight is 273 g/mol. The van der Waals surface area contributed by atoms with Crippen molar-refractivity contribution in [2.45, 2.75) is 13.8 Å². The number of anilines is 2. The first-order valence-electron chi connectivity index (χ1n) is 6.37. The first-order valence-corrected chi connectivity index (χ1v) is 6.37. The van der Waals surface area contributed by atoms with Gasteiger partial charge in [0.25, 0.3) is 5.91 Å². The first-order chi connectivity index (χ1) is 9.60. The molecule has 0 aliphatic rings. The Bertz CT molecular complexity index is 611. The minimum Gasteiger partial charge on any atom is -0.385 e. The van der Waals surface area contributed by atoms with Gasteiger partial charge in [-0.25, -0.2) is 9.37 Å². The molecule has 0 spiro atoms. The molecule has 20 heavy (non-hydrogen) atoms. The second-order valence-electron chi connectivity index (χ2n) is 4.40. The Kier molecular flexibility index (Phi) is 4.30. The van der Waals surface area contributed by atoms with Crippen LogP contribution in [0.5, 0.6) is 0 Å². The number of hydrogen-bond acceptors (Lipinski definition) is 3. The van der Waals surface area contributed by atoms with Crippen molar-refractivity contribution in [2.75, 3.05) is 17.2 Å². The number of aryl methyl sites for hydroxylation is 1. The van der Waals surface area contributed by atoms with Gasteiger partial charge in [0.15, 0.2) is 0 Å². The van der Waals surface area contributed by atoms with Gasteiger partial charge in [-0.15, -0.1) is 0 Å². The van der Waals surface area contributed by atoms with Crippen LogP contribution in [-0.2, 0) is 0 Å². The third-order valence-electron chi connectivity index (χ3n) is 2.76. The van der Waals surface area contributed by atoms with Crippen molar-refractivity contribution < 1.29 is 9.18 Å². The zero-order chi connectivity index (χ0) is 14.5. The van der Waals surface area contributed by atoms with E-state index >= 15 is 0 Å². The standard InChI is InChI=1S/C15H16FN3O/c1-3-17-13-8-10(2)4-6-12(13)15(20)19-14-7-5-11(16)9-18-14/h4-9,17H,3H2,1-2H3,(H,18,19,20). The predicted molar refractivity (Wildman–Crippen MR) is 77.5 cm³/mol. The molecule has 1 aromatic carbocycles. The monoisotopic (exact) mass is 273 g/mol. The maximum atomic E-state index is 12.8. The van der Waals surface area contributed by atoms with Gasteiger partial charge in [0.1, 0.15) is 11.6 Å². The Hall–Kier alpha value is -2.43. The maximum Gasteiger partial charge on any atom is 0.258 e. The molecule has 1 heterocycles. The van der Waals surface area contributed by atoms with Crippen LogP contribution in [0.2, 0.25) is 0 Å². The maximum absolute atomic E-state index is 12.8. The van der Waals surface area contributed by atoms with E-state index in [1.807, 2.05) is 26.0 Å². The fourth-order valence-electron chi connectivity index (χ4n) is 1.83. The quantitative estimate of drug-likeness (QED) is 0.899. The van der Waals surface area contributed by atoms with E-state index < -0.39 is 5.82 Å².